The number of aromatic nitrogens is 3. The molecule has 3 aromatic rings. The highest BCUT2D eigenvalue weighted by Gasteiger charge is 2.18. The van der Waals surface area contributed by atoms with E-state index < -0.39 is 15.9 Å². The molecule has 0 saturated heterocycles. The Morgan fingerprint density at radius 3 is 2.39 bits per heavy atom. The van der Waals surface area contributed by atoms with Crippen molar-refractivity contribution < 1.29 is 22.7 Å². The zero-order valence-electron chi connectivity index (χ0n) is 18.7. The maximum atomic E-state index is 12.6. The van der Waals surface area contributed by atoms with E-state index in [1.54, 1.807) is 24.3 Å². The number of pyridine rings is 1. The van der Waals surface area contributed by atoms with E-state index in [-0.39, 0.29) is 21.6 Å². The Kier molecular flexibility index (Phi) is 7.82. The Morgan fingerprint density at radius 2 is 1.79 bits per heavy atom. The molecule has 3 rings (SSSR count). The highest BCUT2D eigenvalue weighted by molar-refractivity contribution is 7.93. The van der Waals surface area contributed by atoms with Crippen LogP contribution >= 0.6 is 11.3 Å². The molecule has 0 radical (unpaired) electrons. The van der Waals surface area contributed by atoms with Gasteiger partial charge in [0.25, 0.3) is 15.9 Å². The van der Waals surface area contributed by atoms with Crippen LogP contribution in [-0.4, -0.2) is 50.3 Å². The topological polar surface area (TPSA) is 132 Å². The largest absolute Gasteiger partial charge is 0.494 e. The number of anilines is 1. The summed E-state index contributed by atoms with van der Waals surface area (Å²) in [6, 6.07) is 9.64. The summed E-state index contributed by atoms with van der Waals surface area (Å²) in [5.74, 6) is 0.417. The van der Waals surface area contributed by atoms with Crippen LogP contribution in [0.3, 0.4) is 0 Å². The lowest BCUT2D eigenvalue weighted by atomic mass is 10.1. The van der Waals surface area contributed by atoms with E-state index in [9.17, 15) is 13.2 Å². The smallest absolute Gasteiger partial charge is 0.273 e. The molecule has 33 heavy (non-hydrogen) atoms. The van der Waals surface area contributed by atoms with Gasteiger partial charge in [0.1, 0.15) is 10.8 Å². The van der Waals surface area contributed by atoms with E-state index in [0.29, 0.717) is 24.6 Å². The van der Waals surface area contributed by atoms with Gasteiger partial charge >= 0.3 is 0 Å². The quantitative estimate of drug-likeness (QED) is 0.442. The Hall–Kier alpha value is -3.25. The summed E-state index contributed by atoms with van der Waals surface area (Å²) in [5, 5.41) is 11.6. The molecule has 0 aliphatic heterocycles. The van der Waals surface area contributed by atoms with Gasteiger partial charge in [0.15, 0.2) is 5.69 Å². The van der Waals surface area contributed by atoms with Crippen molar-refractivity contribution in [3.05, 3.63) is 52.7 Å². The van der Waals surface area contributed by atoms with Gasteiger partial charge in [-0.2, -0.15) is 0 Å². The predicted octanol–water partition coefficient (Wildman–Crippen LogP) is 2.85. The van der Waals surface area contributed by atoms with Gasteiger partial charge in [-0.05, 0) is 30.2 Å². The molecule has 10 nitrogen and oxygen atoms in total. The number of hydrogen-bond acceptors (Lipinski definition) is 9. The first-order chi connectivity index (χ1) is 15.7. The van der Waals surface area contributed by atoms with E-state index in [0.717, 1.165) is 10.6 Å². The van der Waals surface area contributed by atoms with Crippen molar-refractivity contribution >= 4 is 32.4 Å². The third-order valence-electron chi connectivity index (χ3n) is 4.57. The Labute approximate surface area is 196 Å². The van der Waals surface area contributed by atoms with Crippen LogP contribution in [0.1, 0.15) is 40.8 Å². The monoisotopic (exact) mass is 491 g/mol. The SMILES string of the molecule is COc1ccc(OC)c(C(=O)NCCc2ccc(S(=O)(=O)Nc3nnc(C(C)C)s3)cc2)n1. The summed E-state index contributed by atoms with van der Waals surface area (Å²) in [6.45, 7) is 4.25. The fourth-order valence-electron chi connectivity index (χ4n) is 2.79. The normalized spacial score (nSPS) is 11.3. The van der Waals surface area contributed by atoms with Gasteiger partial charge in [-0.3, -0.25) is 9.52 Å². The number of nitrogens with zero attached hydrogens (tertiary/aromatic N) is 3. The van der Waals surface area contributed by atoms with Gasteiger partial charge in [-0.15, -0.1) is 10.2 Å². The number of nitrogens with one attached hydrogen (secondary N) is 2. The molecule has 0 saturated carbocycles. The average molecular weight is 492 g/mol. The van der Waals surface area contributed by atoms with Crippen molar-refractivity contribution in [3.8, 4) is 11.6 Å². The number of methoxy groups -OCH3 is 2. The van der Waals surface area contributed by atoms with Gasteiger partial charge in [0.2, 0.25) is 11.0 Å². The third kappa shape index (κ3) is 6.17. The molecule has 0 aliphatic carbocycles. The lowest BCUT2D eigenvalue weighted by Gasteiger charge is -2.10. The molecule has 0 unspecified atom stereocenters. The van der Waals surface area contributed by atoms with Gasteiger partial charge in [0.05, 0.1) is 19.1 Å². The van der Waals surface area contributed by atoms with E-state index >= 15 is 0 Å². The number of amides is 1. The maximum absolute atomic E-state index is 12.6. The molecule has 2 heterocycles. The van der Waals surface area contributed by atoms with Crippen LogP contribution in [0.4, 0.5) is 5.13 Å². The average Bonchev–Trinajstić information content (AvgIpc) is 3.27. The number of carbonyl (C=O) groups is 1. The van der Waals surface area contributed by atoms with Crippen LogP contribution in [0.2, 0.25) is 0 Å². The Morgan fingerprint density at radius 1 is 1.06 bits per heavy atom. The van der Waals surface area contributed by atoms with Gasteiger partial charge < -0.3 is 14.8 Å². The third-order valence-corrected chi connectivity index (χ3v) is 7.19. The molecule has 0 bridgehead atoms. The number of benzene rings is 1. The first-order valence-corrected chi connectivity index (χ1v) is 12.4. The lowest BCUT2D eigenvalue weighted by molar-refractivity contribution is 0.0945. The predicted molar refractivity (Wildman–Crippen MR) is 125 cm³/mol. The highest BCUT2D eigenvalue weighted by Crippen LogP contribution is 2.25. The summed E-state index contributed by atoms with van der Waals surface area (Å²) in [5.41, 5.74) is 0.986. The maximum Gasteiger partial charge on any atom is 0.273 e. The first kappa shape index (κ1) is 24.4. The summed E-state index contributed by atoms with van der Waals surface area (Å²) in [4.78, 5) is 16.7. The number of sulfonamides is 1. The van der Waals surface area contributed by atoms with Gasteiger partial charge in [0, 0.05) is 18.5 Å². The first-order valence-electron chi connectivity index (χ1n) is 10.1. The van der Waals surface area contributed by atoms with E-state index in [4.69, 9.17) is 9.47 Å². The molecule has 1 amide bonds. The lowest BCUT2D eigenvalue weighted by Crippen LogP contribution is -2.27. The molecule has 176 valence electrons. The second kappa shape index (κ2) is 10.6. The van der Waals surface area contributed by atoms with Crippen LogP contribution in [0.5, 0.6) is 11.6 Å². The van der Waals surface area contributed by atoms with Crippen LogP contribution in [0, 0.1) is 0 Å². The summed E-state index contributed by atoms with van der Waals surface area (Å²) in [7, 11) is -0.850. The van der Waals surface area contributed by atoms with Crippen LogP contribution in [-0.2, 0) is 16.4 Å². The van der Waals surface area contributed by atoms with Gasteiger partial charge in [-0.25, -0.2) is 13.4 Å². The molecular weight excluding hydrogens is 466 g/mol. The minimum absolute atomic E-state index is 0.113. The van der Waals surface area contributed by atoms with E-state index in [1.807, 2.05) is 13.8 Å². The van der Waals surface area contributed by atoms with Crippen molar-refractivity contribution in [2.24, 2.45) is 0 Å². The molecule has 0 aliphatic rings. The number of ether oxygens (including phenoxy) is 2. The van der Waals surface area contributed by atoms with Gasteiger partial charge in [-0.1, -0.05) is 37.3 Å². The summed E-state index contributed by atoms with van der Waals surface area (Å²) < 4.78 is 37.9. The second-order valence-electron chi connectivity index (χ2n) is 7.26. The minimum atomic E-state index is -3.77. The van der Waals surface area contributed by atoms with Crippen molar-refractivity contribution in [2.45, 2.75) is 31.1 Å². The Bertz CT molecular complexity index is 1210. The fraction of sp³-hybridized carbons (Fsp3) is 0.333. The molecule has 1 aromatic carbocycles. The standard InChI is InChI=1S/C21H25N5O5S2/c1-13(2)20-24-25-21(32-20)26-33(28,29)15-7-5-14(6-8-15)11-12-22-19(27)18-16(30-3)9-10-17(23-18)31-4/h5-10,13H,11-12H2,1-4H3,(H,22,27)(H,25,26). The van der Waals surface area contributed by atoms with Crippen LogP contribution in [0.15, 0.2) is 41.3 Å². The van der Waals surface area contributed by atoms with E-state index in [1.165, 1.54) is 37.7 Å². The summed E-state index contributed by atoms with van der Waals surface area (Å²) >= 11 is 1.21. The zero-order valence-corrected chi connectivity index (χ0v) is 20.3. The molecular formula is C21H25N5O5S2. The van der Waals surface area contributed by atoms with Crippen molar-refractivity contribution in [3.63, 3.8) is 0 Å². The molecule has 2 aromatic heterocycles. The number of hydrogen-bond donors (Lipinski definition) is 2. The number of carbonyl (C=O) groups excluding carboxylic acids is 1. The van der Waals surface area contributed by atoms with E-state index in [2.05, 4.69) is 25.2 Å². The van der Waals surface area contributed by atoms with Crippen molar-refractivity contribution in [1.29, 1.82) is 0 Å². The molecule has 2 N–H and O–H groups in total. The Balaban J connectivity index is 1.59. The molecule has 0 fully saturated rings. The van der Waals surface area contributed by atoms with Crippen molar-refractivity contribution in [1.82, 2.24) is 20.5 Å². The molecule has 0 spiro atoms. The minimum Gasteiger partial charge on any atom is -0.494 e. The van der Waals surface area contributed by atoms with Crippen LogP contribution in [0.25, 0.3) is 0 Å². The number of rotatable bonds is 10. The second-order valence-corrected chi connectivity index (χ2v) is 9.95. The van der Waals surface area contributed by atoms with Crippen LogP contribution < -0.4 is 19.5 Å². The highest BCUT2D eigenvalue weighted by atomic mass is 32.2. The molecule has 12 heteroatoms. The van der Waals surface area contributed by atoms with Crippen molar-refractivity contribution in [2.75, 3.05) is 25.5 Å². The summed E-state index contributed by atoms with van der Waals surface area (Å²) in [6.07, 6.45) is 0.500. The molecule has 0 atom stereocenters. The fourth-order valence-corrected chi connectivity index (χ4v) is 4.77. The zero-order chi connectivity index (χ0) is 24.0.